The van der Waals surface area contributed by atoms with Crippen molar-refractivity contribution in [3.63, 3.8) is 0 Å². The fourth-order valence-corrected chi connectivity index (χ4v) is 5.19. The van der Waals surface area contributed by atoms with Gasteiger partial charge < -0.3 is 20.1 Å². The van der Waals surface area contributed by atoms with Crippen molar-refractivity contribution in [2.45, 2.75) is 49.2 Å². The van der Waals surface area contributed by atoms with Crippen LogP contribution in [0.2, 0.25) is 5.02 Å². The molecule has 1 heterocycles. The number of halogens is 1. The summed E-state index contributed by atoms with van der Waals surface area (Å²) in [6.45, 7) is -0.0964. The molecule has 1 aliphatic carbocycles. The lowest BCUT2D eigenvalue weighted by Gasteiger charge is -2.35. The van der Waals surface area contributed by atoms with Gasteiger partial charge in [-0.2, -0.15) is 0 Å². The number of amides is 2. The fourth-order valence-electron chi connectivity index (χ4n) is 5.01. The molecule has 0 radical (unpaired) electrons. The molecule has 1 aliphatic heterocycles. The van der Waals surface area contributed by atoms with Gasteiger partial charge in [-0.25, -0.2) is 0 Å². The first-order valence-electron chi connectivity index (χ1n) is 11.0. The summed E-state index contributed by atoms with van der Waals surface area (Å²) in [5, 5.41) is 14.1. The average Bonchev–Trinajstić information content (AvgIpc) is 3.47. The van der Waals surface area contributed by atoms with Crippen molar-refractivity contribution in [3.8, 4) is 18.1 Å². The van der Waals surface area contributed by atoms with Crippen molar-refractivity contribution >= 4 is 29.1 Å². The van der Waals surface area contributed by atoms with Gasteiger partial charge in [-0.3, -0.25) is 9.59 Å². The van der Waals surface area contributed by atoms with Crippen molar-refractivity contribution in [2.24, 2.45) is 0 Å². The second kappa shape index (κ2) is 9.09. The average molecular weight is 467 g/mol. The maximum Gasteiger partial charge on any atom is 0.247 e. The van der Waals surface area contributed by atoms with Gasteiger partial charge in [-0.05, 0) is 42.7 Å². The summed E-state index contributed by atoms with van der Waals surface area (Å²) in [4.78, 5) is 28.8. The molecule has 1 saturated heterocycles. The number of rotatable bonds is 5. The molecular weight excluding hydrogens is 440 g/mol. The maximum atomic E-state index is 14.1. The van der Waals surface area contributed by atoms with Crippen molar-refractivity contribution in [2.75, 3.05) is 19.0 Å². The number of anilines is 1. The van der Waals surface area contributed by atoms with E-state index in [2.05, 4.69) is 11.2 Å². The van der Waals surface area contributed by atoms with E-state index in [-0.39, 0.29) is 18.9 Å². The van der Waals surface area contributed by atoms with Gasteiger partial charge in [0.2, 0.25) is 11.8 Å². The largest absolute Gasteiger partial charge is 0.497 e. The molecule has 2 amide bonds. The Balaban J connectivity index is 1.67. The molecule has 2 atom stereocenters. The van der Waals surface area contributed by atoms with Crippen LogP contribution in [0.1, 0.15) is 37.7 Å². The SMILES string of the molecule is C#C[C@@]1(O)C[C@H](C(=O)Nc2ccccc2Cl)N(C(=O)C2(c3ccc(OC)cc3)CCCC2)C1. The minimum absolute atomic E-state index is 0.0375. The molecule has 2 fully saturated rings. The Morgan fingerprint density at radius 1 is 1.18 bits per heavy atom. The van der Waals surface area contributed by atoms with E-state index in [4.69, 9.17) is 22.8 Å². The van der Waals surface area contributed by atoms with Gasteiger partial charge >= 0.3 is 0 Å². The molecule has 172 valence electrons. The van der Waals surface area contributed by atoms with Gasteiger partial charge in [-0.15, -0.1) is 6.42 Å². The summed E-state index contributed by atoms with van der Waals surface area (Å²) in [5.41, 5.74) is -1.02. The Morgan fingerprint density at radius 2 is 1.85 bits per heavy atom. The van der Waals surface area contributed by atoms with Gasteiger partial charge in [0.15, 0.2) is 0 Å². The third kappa shape index (κ3) is 4.31. The third-order valence-electron chi connectivity index (χ3n) is 6.81. The molecule has 1 saturated carbocycles. The highest BCUT2D eigenvalue weighted by Crippen LogP contribution is 2.45. The minimum atomic E-state index is -1.57. The Morgan fingerprint density at radius 3 is 2.45 bits per heavy atom. The Bertz CT molecular complexity index is 1090. The normalized spacial score (nSPS) is 23.7. The van der Waals surface area contributed by atoms with Gasteiger partial charge in [0.1, 0.15) is 17.4 Å². The van der Waals surface area contributed by atoms with Gasteiger partial charge in [0, 0.05) is 6.42 Å². The van der Waals surface area contributed by atoms with E-state index in [1.165, 1.54) is 4.90 Å². The number of aliphatic hydroxyl groups is 1. The zero-order valence-electron chi connectivity index (χ0n) is 18.5. The summed E-state index contributed by atoms with van der Waals surface area (Å²) >= 11 is 6.20. The minimum Gasteiger partial charge on any atom is -0.497 e. The van der Waals surface area contributed by atoms with E-state index in [9.17, 15) is 14.7 Å². The molecule has 2 N–H and O–H groups in total. The van der Waals surface area contributed by atoms with Crippen molar-refractivity contribution < 1.29 is 19.4 Å². The van der Waals surface area contributed by atoms with Crippen LogP contribution in [0.5, 0.6) is 5.75 Å². The standard InChI is InChI=1S/C26H27ClN2O4/c1-3-25(32)16-22(23(30)28-21-9-5-4-8-20(21)27)29(17-25)24(31)26(14-6-7-15-26)18-10-12-19(33-2)13-11-18/h1,4-5,8-13,22,32H,6-7,14-17H2,2H3,(H,28,30)/t22-,25-/m1/s1. The van der Waals surface area contributed by atoms with Crippen LogP contribution in [0.4, 0.5) is 5.69 Å². The van der Waals surface area contributed by atoms with Crippen molar-refractivity contribution in [1.29, 1.82) is 0 Å². The molecule has 0 aromatic heterocycles. The highest BCUT2D eigenvalue weighted by Gasteiger charge is 2.53. The van der Waals surface area contributed by atoms with Crippen LogP contribution in [0.15, 0.2) is 48.5 Å². The summed E-state index contributed by atoms with van der Waals surface area (Å²) in [6, 6.07) is 13.5. The van der Waals surface area contributed by atoms with Crippen LogP contribution in [-0.2, 0) is 15.0 Å². The molecule has 2 aromatic rings. The summed E-state index contributed by atoms with van der Waals surface area (Å²) in [5.74, 6) is 2.48. The van der Waals surface area contributed by atoms with Crippen LogP contribution in [0.3, 0.4) is 0 Å². The van der Waals surface area contributed by atoms with Crippen LogP contribution in [-0.4, -0.2) is 47.1 Å². The predicted molar refractivity (Wildman–Crippen MR) is 127 cm³/mol. The quantitative estimate of drug-likeness (QED) is 0.657. The summed E-state index contributed by atoms with van der Waals surface area (Å²) in [7, 11) is 1.60. The molecule has 2 aliphatic rings. The van der Waals surface area contributed by atoms with Gasteiger partial charge in [0.05, 0.1) is 29.8 Å². The number of ether oxygens (including phenoxy) is 1. The van der Waals surface area contributed by atoms with Gasteiger partial charge in [0.25, 0.3) is 0 Å². The molecular formula is C26H27ClN2O4. The smallest absolute Gasteiger partial charge is 0.247 e. The first-order valence-corrected chi connectivity index (χ1v) is 11.4. The summed E-state index contributed by atoms with van der Waals surface area (Å²) < 4.78 is 5.27. The van der Waals surface area contributed by atoms with Crippen LogP contribution in [0, 0.1) is 12.3 Å². The number of methoxy groups -OCH3 is 1. The topological polar surface area (TPSA) is 78.9 Å². The number of nitrogens with one attached hydrogen (secondary N) is 1. The molecule has 0 bridgehead atoms. The van der Waals surface area contributed by atoms with Crippen LogP contribution >= 0.6 is 11.6 Å². The molecule has 33 heavy (non-hydrogen) atoms. The molecule has 6 nitrogen and oxygen atoms in total. The number of likely N-dealkylation sites (tertiary alicyclic amines) is 1. The number of carbonyl (C=O) groups excluding carboxylic acids is 2. The van der Waals surface area contributed by atoms with Gasteiger partial charge in [-0.1, -0.05) is 54.6 Å². The lowest BCUT2D eigenvalue weighted by atomic mass is 9.77. The third-order valence-corrected chi connectivity index (χ3v) is 7.14. The lowest BCUT2D eigenvalue weighted by Crippen LogP contribution is -2.51. The highest BCUT2D eigenvalue weighted by atomic mass is 35.5. The van der Waals surface area contributed by atoms with Crippen molar-refractivity contribution in [3.05, 3.63) is 59.1 Å². The number of hydrogen-bond acceptors (Lipinski definition) is 4. The van der Waals surface area contributed by atoms with E-state index in [1.807, 2.05) is 24.3 Å². The fraction of sp³-hybridized carbons (Fsp3) is 0.385. The summed E-state index contributed by atoms with van der Waals surface area (Å²) in [6.07, 6.45) is 8.70. The number of benzene rings is 2. The van der Waals surface area contributed by atoms with Crippen LogP contribution in [0.25, 0.3) is 0 Å². The Kier molecular flexibility index (Phi) is 6.38. The van der Waals surface area contributed by atoms with E-state index < -0.39 is 23.0 Å². The number of para-hydroxylation sites is 1. The van der Waals surface area contributed by atoms with E-state index in [0.29, 0.717) is 29.3 Å². The second-order valence-corrected chi connectivity index (χ2v) is 9.22. The first kappa shape index (κ1) is 23.2. The highest BCUT2D eigenvalue weighted by molar-refractivity contribution is 6.33. The zero-order chi connectivity index (χ0) is 23.6. The number of nitrogens with zero attached hydrogens (tertiary/aromatic N) is 1. The Hall–Kier alpha value is -3.01. The molecule has 7 heteroatoms. The van der Waals surface area contributed by atoms with E-state index in [1.54, 1.807) is 31.4 Å². The van der Waals surface area contributed by atoms with E-state index >= 15 is 0 Å². The Labute approximate surface area is 198 Å². The number of carbonyl (C=O) groups is 2. The zero-order valence-corrected chi connectivity index (χ0v) is 19.3. The molecule has 2 aromatic carbocycles. The monoisotopic (exact) mass is 466 g/mol. The number of hydrogen-bond donors (Lipinski definition) is 2. The maximum absolute atomic E-state index is 14.1. The predicted octanol–water partition coefficient (Wildman–Crippen LogP) is 3.76. The molecule has 4 rings (SSSR count). The number of terminal acetylenes is 1. The second-order valence-electron chi connectivity index (χ2n) is 8.82. The lowest BCUT2D eigenvalue weighted by molar-refractivity contribution is -0.142. The first-order chi connectivity index (χ1) is 15.8. The van der Waals surface area contributed by atoms with E-state index in [0.717, 1.165) is 18.4 Å². The van der Waals surface area contributed by atoms with Crippen LogP contribution < -0.4 is 10.1 Å². The van der Waals surface area contributed by atoms with Crippen molar-refractivity contribution in [1.82, 2.24) is 4.90 Å². The number of β-amino-alcohol motifs (C(OH)–C–C–N with tert-alkyl or cyclic N) is 1. The molecule has 0 unspecified atom stereocenters. The molecule has 0 spiro atoms.